The van der Waals surface area contributed by atoms with Crippen LogP contribution in [0.2, 0.25) is 0 Å². The number of pyridine rings is 2. The van der Waals surface area contributed by atoms with Gasteiger partial charge in [0.15, 0.2) is 0 Å². The minimum absolute atomic E-state index is 0.0531. The summed E-state index contributed by atoms with van der Waals surface area (Å²) in [5.41, 5.74) is 8.54. The van der Waals surface area contributed by atoms with Gasteiger partial charge in [-0.05, 0) is 158 Å². The molecule has 0 spiro atoms. The summed E-state index contributed by atoms with van der Waals surface area (Å²) < 4.78 is 15.9. The van der Waals surface area contributed by atoms with E-state index >= 15 is 0 Å². The highest BCUT2D eigenvalue weighted by Crippen LogP contribution is 2.48. The molecule has 338 valence electrons. The zero-order valence-corrected chi connectivity index (χ0v) is 40.1. The molecule has 4 aromatic heterocycles. The fraction of sp³-hybridized carbons (Fsp3) is 0.357. The second-order valence-electron chi connectivity index (χ2n) is 18.9. The van der Waals surface area contributed by atoms with Crippen LogP contribution in [-0.4, -0.2) is 44.3 Å². The van der Waals surface area contributed by atoms with E-state index in [1.54, 1.807) is 34.8 Å². The Morgan fingerprint density at radius 3 is 1.82 bits per heavy atom. The smallest absolute Gasteiger partial charge is 0.336 e. The van der Waals surface area contributed by atoms with Gasteiger partial charge in [0.2, 0.25) is 0 Å². The van der Waals surface area contributed by atoms with E-state index in [1.807, 2.05) is 30.3 Å². The van der Waals surface area contributed by atoms with Crippen LogP contribution in [0.25, 0.3) is 63.1 Å². The topological polar surface area (TPSA) is 119 Å². The van der Waals surface area contributed by atoms with Crippen molar-refractivity contribution in [2.24, 2.45) is 11.8 Å². The van der Waals surface area contributed by atoms with Crippen molar-refractivity contribution in [3.8, 4) is 32.6 Å². The summed E-state index contributed by atoms with van der Waals surface area (Å²) in [7, 11) is 0. The normalized spacial score (nSPS) is 20.1. The molecule has 2 aliphatic rings. The number of fused-ring (bicyclic) bond motifs is 4. The molecule has 0 radical (unpaired) electrons. The van der Waals surface area contributed by atoms with Gasteiger partial charge in [-0.1, -0.05) is 76.6 Å². The Morgan fingerprint density at radius 1 is 0.636 bits per heavy atom. The minimum atomic E-state index is -1.00. The first-order valence-corrected chi connectivity index (χ1v) is 25.3. The average Bonchev–Trinajstić information content (AvgIpc) is 3.84. The molecule has 4 heterocycles. The minimum Gasteiger partial charge on any atom is -0.490 e. The highest BCUT2D eigenvalue weighted by atomic mass is 32.1. The summed E-state index contributed by atoms with van der Waals surface area (Å²) in [6.07, 6.45) is 8.13. The summed E-state index contributed by atoms with van der Waals surface area (Å²) in [5.74, 6) is 0.271. The second-order valence-corrected chi connectivity index (χ2v) is 21.0. The fourth-order valence-electron chi connectivity index (χ4n) is 11.1. The number of aryl methyl sites for hydroxylation is 4. The van der Waals surface area contributed by atoms with E-state index in [2.05, 4.69) is 77.9 Å². The molecule has 2 fully saturated rings. The van der Waals surface area contributed by atoms with Gasteiger partial charge in [-0.15, -0.1) is 22.7 Å². The number of aromatic nitrogens is 2. The Bertz CT molecular complexity index is 3220. The Balaban J connectivity index is 1.01. The van der Waals surface area contributed by atoms with Crippen LogP contribution >= 0.6 is 22.7 Å². The van der Waals surface area contributed by atoms with Crippen molar-refractivity contribution in [2.75, 3.05) is 0 Å². The number of thiophene rings is 2. The van der Waals surface area contributed by atoms with Crippen LogP contribution in [0.1, 0.15) is 127 Å². The van der Waals surface area contributed by atoms with Crippen molar-refractivity contribution in [3.63, 3.8) is 0 Å². The number of carbonyl (C=O) groups is 2. The van der Waals surface area contributed by atoms with E-state index in [0.29, 0.717) is 69.4 Å². The molecule has 8 nitrogen and oxygen atoms in total. The van der Waals surface area contributed by atoms with Crippen molar-refractivity contribution in [1.82, 2.24) is 9.97 Å². The molecule has 5 atom stereocenters. The number of hydrogen-bond acceptors (Lipinski definition) is 8. The summed E-state index contributed by atoms with van der Waals surface area (Å²) in [6, 6.07) is 26.3. The van der Waals surface area contributed by atoms with Gasteiger partial charge in [0.05, 0.1) is 66.3 Å². The quantitative estimate of drug-likeness (QED) is 0.132. The first kappa shape index (κ1) is 44.0. The molecule has 10 rings (SSSR count). The highest BCUT2D eigenvalue weighted by Gasteiger charge is 2.33. The third kappa shape index (κ3) is 7.89. The Hall–Kier alpha value is -5.84. The number of carboxylic acid groups (broad SMARTS) is 2. The van der Waals surface area contributed by atoms with Gasteiger partial charge in [-0.25, -0.2) is 19.6 Å². The van der Waals surface area contributed by atoms with Crippen LogP contribution in [0.15, 0.2) is 78.9 Å². The maximum absolute atomic E-state index is 13.2. The van der Waals surface area contributed by atoms with E-state index < -0.39 is 11.9 Å². The van der Waals surface area contributed by atoms with E-state index in [1.165, 1.54) is 17.4 Å². The van der Waals surface area contributed by atoms with Gasteiger partial charge >= 0.3 is 11.9 Å². The maximum Gasteiger partial charge on any atom is 0.336 e. The van der Waals surface area contributed by atoms with Gasteiger partial charge in [0.25, 0.3) is 0 Å². The predicted molar refractivity (Wildman–Crippen MR) is 269 cm³/mol. The third-order valence-electron chi connectivity index (χ3n) is 14.3. The lowest BCUT2D eigenvalue weighted by molar-refractivity contribution is 0.0687. The molecule has 10 heteroatoms. The lowest BCUT2D eigenvalue weighted by Crippen LogP contribution is -2.29. The monoisotopic (exact) mass is 916 g/mol. The van der Waals surface area contributed by atoms with Gasteiger partial charge in [0, 0.05) is 9.40 Å². The lowest BCUT2D eigenvalue weighted by Gasteiger charge is -2.34. The summed E-state index contributed by atoms with van der Waals surface area (Å²) in [4.78, 5) is 38.8. The van der Waals surface area contributed by atoms with Crippen LogP contribution in [0.3, 0.4) is 0 Å². The molecule has 2 N–H and O–H groups in total. The first-order chi connectivity index (χ1) is 31.9. The molecular weight excluding hydrogens is 861 g/mol. The molecule has 2 saturated carbocycles. The van der Waals surface area contributed by atoms with Crippen LogP contribution in [-0.2, 0) is 12.8 Å². The Labute approximate surface area is 393 Å². The molecular formula is C56H56N2O6S2. The van der Waals surface area contributed by atoms with Gasteiger partial charge in [-0.2, -0.15) is 0 Å². The number of nitrogens with zero attached hydrogens (tertiary/aromatic N) is 2. The largest absolute Gasteiger partial charge is 0.490 e. The van der Waals surface area contributed by atoms with Crippen LogP contribution in [0, 0.1) is 25.7 Å². The zero-order valence-electron chi connectivity index (χ0n) is 38.5. The van der Waals surface area contributed by atoms with Gasteiger partial charge in [0.1, 0.15) is 11.5 Å². The Kier molecular flexibility index (Phi) is 11.8. The summed E-state index contributed by atoms with van der Waals surface area (Å²) in [6.45, 7) is 12.9. The molecule has 4 aromatic carbocycles. The van der Waals surface area contributed by atoms with E-state index in [0.717, 1.165) is 85.3 Å². The maximum atomic E-state index is 13.2. The molecule has 8 aromatic rings. The van der Waals surface area contributed by atoms with Crippen molar-refractivity contribution in [3.05, 3.63) is 118 Å². The van der Waals surface area contributed by atoms with Crippen LogP contribution in [0.4, 0.5) is 0 Å². The standard InChI is InChI=1S/C56H56N2O6S2/c1-7-33-19-21-44(63-36-14-11-13-29(3)24-36)49-41(56(61)62)28-43(58-51(33)49)54-32(6)48-39(16-12-18-47(48)66-54)35-23-30(4)25-37(26-35)64-45-22-20-34(8-2)52-50(45)40(55(59)60)27-42(57-52)53-31(5)38-15-9-10-17-46(38)65-53/h9-10,12,15-22,27-30,35-37H,7-8,11,13-14,23-26H2,1-6H3,(H,59,60)(H,61,62)/t29-,30-,35?,36-,37-/m0/s1. The number of ether oxygens (including phenoxy) is 2. The molecule has 0 bridgehead atoms. The van der Waals surface area contributed by atoms with E-state index in [-0.39, 0.29) is 29.3 Å². The highest BCUT2D eigenvalue weighted by molar-refractivity contribution is 7.22. The second kappa shape index (κ2) is 17.8. The molecule has 66 heavy (non-hydrogen) atoms. The third-order valence-corrected chi connectivity index (χ3v) is 16.9. The number of aromatic carboxylic acids is 2. The average molecular weight is 917 g/mol. The molecule has 0 amide bonds. The Morgan fingerprint density at radius 2 is 1.21 bits per heavy atom. The first-order valence-electron chi connectivity index (χ1n) is 23.6. The van der Waals surface area contributed by atoms with Crippen LogP contribution < -0.4 is 9.47 Å². The fourth-order valence-corrected chi connectivity index (χ4v) is 13.5. The molecule has 1 unspecified atom stereocenters. The van der Waals surface area contributed by atoms with Crippen LogP contribution in [0.5, 0.6) is 11.5 Å². The number of rotatable bonds is 11. The van der Waals surface area contributed by atoms with E-state index in [4.69, 9.17) is 19.4 Å². The van der Waals surface area contributed by atoms with Gasteiger partial charge in [-0.3, -0.25) is 0 Å². The lowest BCUT2D eigenvalue weighted by atomic mass is 9.76. The SMILES string of the molecule is CCc1ccc(O[C@@H]2CC(c3cccc4sc(-c5cc(C(=O)O)c6c(O[C@H]7CCC[C@H](C)C7)ccc(CC)c6n5)c(C)c34)C[C@H](C)C2)c2c(C(=O)O)cc(-c3sc4ccccc4c3C)nc12. The zero-order chi connectivity index (χ0) is 46.0. The van der Waals surface area contributed by atoms with Gasteiger partial charge < -0.3 is 19.7 Å². The summed E-state index contributed by atoms with van der Waals surface area (Å²) in [5, 5.41) is 25.0. The van der Waals surface area contributed by atoms with Crippen molar-refractivity contribution in [2.45, 2.75) is 117 Å². The predicted octanol–water partition coefficient (Wildman–Crippen LogP) is 15.0. The number of hydrogen-bond donors (Lipinski definition) is 2. The molecule has 0 aliphatic heterocycles. The number of benzene rings is 4. The number of carboxylic acids is 2. The van der Waals surface area contributed by atoms with E-state index in [9.17, 15) is 19.8 Å². The van der Waals surface area contributed by atoms with Crippen molar-refractivity contribution < 1.29 is 29.3 Å². The molecule has 0 saturated heterocycles. The van der Waals surface area contributed by atoms with Crippen molar-refractivity contribution >= 4 is 76.6 Å². The molecule has 2 aliphatic carbocycles. The summed E-state index contributed by atoms with van der Waals surface area (Å²) >= 11 is 3.31. The van der Waals surface area contributed by atoms with Crippen molar-refractivity contribution in [1.29, 1.82) is 0 Å².